The molecule has 0 aliphatic carbocycles. The first kappa shape index (κ1) is 12.3. The Balaban J connectivity index is 2.51. The summed E-state index contributed by atoms with van der Waals surface area (Å²) in [6, 6.07) is 6.82. The van der Waals surface area contributed by atoms with Crippen molar-refractivity contribution in [2.24, 2.45) is 5.73 Å². The summed E-state index contributed by atoms with van der Waals surface area (Å²) in [7, 11) is 0. The van der Waals surface area contributed by atoms with E-state index >= 15 is 0 Å². The number of amides is 2. The maximum absolute atomic E-state index is 10.4. The average molecular weight is 283 g/mol. The molecule has 1 rings (SSSR count). The van der Waals surface area contributed by atoms with Gasteiger partial charge in [-0.15, -0.1) is 0 Å². The van der Waals surface area contributed by atoms with Crippen molar-refractivity contribution in [3.05, 3.63) is 28.2 Å². The van der Waals surface area contributed by atoms with Gasteiger partial charge < -0.3 is 16.4 Å². The number of anilines is 1. The predicted octanol–water partition coefficient (Wildman–Crippen LogP) is 1.40. The summed E-state index contributed by atoms with van der Waals surface area (Å²) in [6.45, 7) is 0.980. The van der Waals surface area contributed by atoms with E-state index < -0.39 is 6.03 Å². The van der Waals surface area contributed by atoms with Crippen molar-refractivity contribution in [1.29, 1.82) is 5.26 Å². The van der Waals surface area contributed by atoms with Crippen LogP contribution in [0.4, 0.5) is 10.5 Å². The second kappa shape index (κ2) is 5.98. The first-order chi connectivity index (χ1) is 7.61. The molecule has 84 valence electrons. The van der Waals surface area contributed by atoms with Gasteiger partial charge in [-0.3, -0.25) is 0 Å². The van der Waals surface area contributed by atoms with Crippen LogP contribution in [0.1, 0.15) is 5.56 Å². The Morgan fingerprint density at radius 2 is 2.19 bits per heavy atom. The van der Waals surface area contributed by atoms with Gasteiger partial charge in [-0.2, -0.15) is 5.26 Å². The van der Waals surface area contributed by atoms with Crippen LogP contribution in [0.3, 0.4) is 0 Å². The molecule has 0 bridgehead atoms. The molecule has 0 fully saturated rings. The Bertz CT molecular complexity index is 427. The van der Waals surface area contributed by atoms with E-state index in [1.54, 1.807) is 12.1 Å². The van der Waals surface area contributed by atoms with E-state index in [9.17, 15) is 4.79 Å². The molecule has 5 nitrogen and oxygen atoms in total. The van der Waals surface area contributed by atoms with Crippen LogP contribution in [0.2, 0.25) is 0 Å². The van der Waals surface area contributed by atoms with E-state index in [-0.39, 0.29) is 0 Å². The summed E-state index contributed by atoms with van der Waals surface area (Å²) >= 11 is 3.31. The van der Waals surface area contributed by atoms with E-state index in [0.29, 0.717) is 18.7 Å². The zero-order valence-corrected chi connectivity index (χ0v) is 10.0. The van der Waals surface area contributed by atoms with Gasteiger partial charge in [0.2, 0.25) is 0 Å². The fourth-order valence-corrected chi connectivity index (χ4v) is 1.64. The van der Waals surface area contributed by atoms with Gasteiger partial charge in [-0.1, -0.05) is 15.9 Å². The van der Waals surface area contributed by atoms with Crippen LogP contribution in [0.25, 0.3) is 0 Å². The number of hydrogen-bond acceptors (Lipinski definition) is 3. The molecule has 0 saturated carbocycles. The quantitative estimate of drug-likeness (QED) is 0.729. The van der Waals surface area contributed by atoms with Gasteiger partial charge in [0.1, 0.15) is 0 Å². The van der Waals surface area contributed by atoms with E-state index in [1.165, 1.54) is 0 Å². The topological polar surface area (TPSA) is 90.9 Å². The third-order valence-corrected chi connectivity index (χ3v) is 2.24. The standard InChI is InChI=1S/C10H11BrN4O/c11-8-3-7(6-12)4-9(5-8)14-1-2-15-10(13)16/h3-5,14H,1-2H2,(H3,13,15,16). The molecule has 1 aromatic rings. The Hall–Kier alpha value is -1.74. The molecule has 0 spiro atoms. The average Bonchev–Trinajstić information content (AvgIpc) is 2.23. The number of carbonyl (C=O) groups excluding carboxylic acids is 1. The number of primary amides is 1. The lowest BCUT2D eigenvalue weighted by Crippen LogP contribution is -2.33. The van der Waals surface area contributed by atoms with Crippen molar-refractivity contribution in [2.75, 3.05) is 18.4 Å². The molecular weight excluding hydrogens is 272 g/mol. The van der Waals surface area contributed by atoms with E-state index in [0.717, 1.165) is 10.2 Å². The zero-order chi connectivity index (χ0) is 12.0. The van der Waals surface area contributed by atoms with Crippen molar-refractivity contribution in [3.8, 4) is 6.07 Å². The fraction of sp³-hybridized carbons (Fsp3) is 0.200. The van der Waals surface area contributed by atoms with Gasteiger partial charge in [-0.05, 0) is 18.2 Å². The van der Waals surface area contributed by atoms with E-state index in [4.69, 9.17) is 11.0 Å². The van der Waals surface area contributed by atoms with Crippen molar-refractivity contribution < 1.29 is 4.79 Å². The third-order valence-electron chi connectivity index (χ3n) is 1.78. The molecule has 4 N–H and O–H groups in total. The van der Waals surface area contributed by atoms with Crippen LogP contribution in [0.15, 0.2) is 22.7 Å². The molecule has 0 heterocycles. The fourth-order valence-electron chi connectivity index (χ4n) is 1.15. The molecule has 0 saturated heterocycles. The number of rotatable bonds is 4. The van der Waals surface area contributed by atoms with Gasteiger partial charge in [0, 0.05) is 23.2 Å². The van der Waals surface area contributed by atoms with Crippen LogP contribution >= 0.6 is 15.9 Å². The molecular formula is C10H11BrN4O. The number of nitrogens with zero attached hydrogens (tertiary/aromatic N) is 1. The highest BCUT2D eigenvalue weighted by Crippen LogP contribution is 2.18. The van der Waals surface area contributed by atoms with Gasteiger partial charge >= 0.3 is 6.03 Å². The van der Waals surface area contributed by atoms with Gasteiger partial charge in [0.25, 0.3) is 0 Å². The maximum Gasteiger partial charge on any atom is 0.312 e. The monoisotopic (exact) mass is 282 g/mol. The Labute approximate surface area is 102 Å². The highest BCUT2D eigenvalue weighted by molar-refractivity contribution is 9.10. The highest BCUT2D eigenvalue weighted by atomic mass is 79.9. The number of nitrogens with one attached hydrogen (secondary N) is 2. The minimum atomic E-state index is -0.547. The normalized spacial score (nSPS) is 9.25. The molecule has 0 radical (unpaired) electrons. The SMILES string of the molecule is N#Cc1cc(Br)cc(NCCNC(N)=O)c1. The molecule has 6 heteroatoms. The molecule has 0 atom stereocenters. The molecule has 0 aliphatic heterocycles. The number of benzene rings is 1. The Kier molecular flexibility index (Phi) is 4.61. The smallest absolute Gasteiger partial charge is 0.312 e. The van der Waals surface area contributed by atoms with Gasteiger partial charge in [0.15, 0.2) is 0 Å². The van der Waals surface area contributed by atoms with Crippen LogP contribution in [0, 0.1) is 11.3 Å². The molecule has 1 aromatic carbocycles. The molecule has 2 amide bonds. The first-order valence-corrected chi connectivity index (χ1v) is 5.39. The number of nitriles is 1. The number of nitrogens with two attached hydrogens (primary N) is 1. The number of halogens is 1. The largest absolute Gasteiger partial charge is 0.383 e. The van der Waals surface area contributed by atoms with Crippen molar-refractivity contribution in [3.63, 3.8) is 0 Å². The minimum absolute atomic E-state index is 0.434. The van der Waals surface area contributed by atoms with Crippen molar-refractivity contribution >= 4 is 27.6 Å². The second-order valence-corrected chi connectivity index (χ2v) is 3.97. The van der Waals surface area contributed by atoms with Crippen LogP contribution < -0.4 is 16.4 Å². The first-order valence-electron chi connectivity index (χ1n) is 4.59. The van der Waals surface area contributed by atoms with Gasteiger partial charge in [-0.25, -0.2) is 4.79 Å². The summed E-state index contributed by atoms with van der Waals surface area (Å²) in [5, 5.41) is 14.3. The zero-order valence-electron chi connectivity index (χ0n) is 8.46. The van der Waals surface area contributed by atoms with Crippen molar-refractivity contribution in [2.45, 2.75) is 0 Å². The second-order valence-electron chi connectivity index (χ2n) is 3.06. The number of urea groups is 1. The summed E-state index contributed by atoms with van der Waals surface area (Å²) in [6.07, 6.45) is 0. The summed E-state index contributed by atoms with van der Waals surface area (Å²) < 4.78 is 0.830. The Morgan fingerprint density at radius 3 is 2.81 bits per heavy atom. The molecule has 0 aromatic heterocycles. The number of carbonyl (C=O) groups is 1. The summed E-state index contributed by atoms with van der Waals surface area (Å²) in [5.41, 5.74) is 6.30. The predicted molar refractivity (Wildman–Crippen MR) is 64.9 cm³/mol. The van der Waals surface area contributed by atoms with Crippen molar-refractivity contribution in [1.82, 2.24) is 5.32 Å². The maximum atomic E-state index is 10.4. The molecule has 16 heavy (non-hydrogen) atoms. The van der Waals surface area contributed by atoms with Gasteiger partial charge in [0.05, 0.1) is 11.6 Å². The number of hydrogen-bond donors (Lipinski definition) is 3. The molecule has 0 aliphatic rings. The lowest BCUT2D eigenvalue weighted by molar-refractivity contribution is 0.249. The highest BCUT2D eigenvalue weighted by Gasteiger charge is 1.98. The van der Waals surface area contributed by atoms with E-state index in [1.807, 2.05) is 6.07 Å². The molecule has 0 unspecified atom stereocenters. The summed E-state index contributed by atoms with van der Waals surface area (Å²) in [5.74, 6) is 0. The van der Waals surface area contributed by atoms with Crippen LogP contribution in [0.5, 0.6) is 0 Å². The minimum Gasteiger partial charge on any atom is -0.383 e. The third kappa shape index (κ3) is 4.19. The summed E-state index contributed by atoms with van der Waals surface area (Å²) in [4.78, 5) is 10.4. The van der Waals surface area contributed by atoms with Crippen LogP contribution in [-0.2, 0) is 0 Å². The lowest BCUT2D eigenvalue weighted by Gasteiger charge is -2.07. The van der Waals surface area contributed by atoms with Crippen LogP contribution in [-0.4, -0.2) is 19.1 Å². The Morgan fingerprint density at radius 1 is 1.44 bits per heavy atom. The lowest BCUT2D eigenvalue weighted by atomic mass is 10.2. The van der Waals surface area contributed by atoms with E-state index in [2.05, 4.69) is 32.6 Å².